The molecular weight excluding hydrogens is 350 g/mol. The highest BCUT2D eigenvalue weighted by Crippen LogP contribution is 2.14. The Bertz CT molecular complexity index is 889. The summed E-state index contributed by atoms with van der Waals surface area (Å²) in [6.45, 7) is 2.86. The number of ether oxygens (including phenoxy) is 1. The summed E-state index contributed by atoms with van der Waals surface area (Å²) in [5, 5.41) is 6.17. The third kappa shape index (κ3) is 5.33. The third-order valence-electron chi connectivity index (χ3n) is 4.52. The number of methoxy groups -OCH3 is 1. The number of hydrogen-bond acceptors (Lipinski definition) is 4. The highest BCUT2D eigenvalue weighted by atomic mass is 16.5. The molecule has 0 saturated heterocycles. The predicted molar refractivity (Wildman–Crippen MR) is 113 cm³/mol. The van der Waals surface area contributed by atoms with E-state index in [4.69, 9.17) is 4.74 Å². The van der Waals surface area contributed by atoms with E-state index in [1.165, 1.54) is 11.1 Å². The van der Waals surface area contributed by atoms with Crippen LogP contribution in [0.25, 0.3) is 0 Å². The number of nitrogens with one attached hydrogen (secondary N) is 2. The molecule has 0 aliphatic carbocycles. The van der Waals surface area contributed by atoms with Crippen molar-refractivity contribution in [2.45, 2.75) is 19.8 Å². The number of nitrogens with zero attached hydrogens (tertiary/aromatic N) is 1. The first-order chi connectivity index (χ1) is 13.7. The molecule has 144 valence electrons. The molecule has 1 amide bonds. The van der Waals surface area contributed by atoms with Crippen LogP contribution in [0.4, 0.5) is 11.5 Å². The van der Waals surface area contributed by atoms with E-state index in [9.17, 15) is 4.79 Å². The molecule has 2 aromatic carbocycles. The van der Waals surface area contributed by atoms with E-state index in [2.05, 4.69) is 34.7 Å². The molecule has 5 nitrogen and oxygen atoms in total. The van der Waals surface area contributed by atoms with Gasteiger partial charge in [-0.1, -0.05) is 31.2 Å². The number of carbonyl (C=O) groups excluding carboxylic acids is 1. The Kier molecular flexibility index (Phi) is 6.63. The molecule has 0 aliphatic rings. The summed E-state index contributed by atoms with van der Waals surface area (Å²) in [5.41, 5.74) is 3.77. The van der Waals surface area contributed by atoms with Gasteiger partial charge in [0, 0.05) is 18.4 Å². The van der Waals surface area contributed by atoms with Gasteiger partial charge in [-0.05, 0) is 60.4 Å². The van der Waals surface area contributed by atoms with Crippen molar-refractivity contribution in [1.82, 2.24) is 4.98 Å². The van der Waals surface area contributed by atoms with E-state index < -0.39 is 0 Å². The van der Waals surface area contributed by atoms with E-state index in [1.54, 1.807) is 19.4 Å². The monoisotopic (exact) mass is 375 g/mol. The van der Waals surface area contributed by atoms with Gasteiger partial charge in [-0.25, -0.2) is 4.98 Å². The van der Waals surface area contributed by atoms with Gasteiger partial charge in [0.1, 0.15) is 11.6 Å². The number of hydrogen-bond donors (Lipinski definition) is 2. The number of aryl methyl sites for hydroxylation is 1. The molecule has 3 rings (SSSR count). The lowest BCUT2D eigenvalue weighted by atomic mass is 10.1. The molecule has 0 spiro atoms. The molecular formula is C23H25N3O2. The van der Waals surface area contributed by atoms with Crippen LogP contribution in [0.5, 0.6) is 5.75 Å². The van der Waals surface area contributed by atoms with Crippen molar-refractivity contribution in [2.75, 3.05) is 24.3 Å². The lowest BCUT2D eigenvalue weighted by Crippen LogP contribution is -2.13. The Morgan fingerprint density at radius 3 is 2.29 bits per heavy atom. The number of aromatic nitrogens is 1. The maximum atomic E-state index is 12.3. The van der Waals surface area contributed by atoms with E-state index in [-0.39, 0.29) is 5.91 Å². The largest absolute Gasteiger partial charge is 0.497 e. The zero-order chi connectivity index (χ0) is 19.8. The second-order valence-corrected chi connectivity index (χ2v) is 6.46. The number of rotatable bonds is 8. The molecule has 0 saturated carbocycles. The van der Waals surface area contributed by atoms with Crippen LogP contribution in [-0.2, 0) is 12.8 Å². The number of amides is 1. The van der Waals surface area contributed by atoms with Gasteiger partial charge in [-0.3, -0.25) is 4.79 Å². The minimum Gasteiger partial charge on any atom is -0.497 e. The molecule has 2 N–H and O–H groups in total. The van der Waals surface area contributed by atoms with Gasteiger partial charge in [0.2, 0.25) is 0 Å². The van der Waals surface area contributed by atoms with Crippen molar-refractivity contribution in [1.29, 1.82) is 0 Å². The van der Waals surface area contributed by atoms with Crippen LogP contribution < -0.4 is 15.4 Å². The molecule has 28 heavy (non-hydrogen) atoms. The summed E-state index contributed by atoms with van der Waals surface area (Å²) in [7, 11) is 1.66. The summed E-state index contributed by atoms with van der Waals surface area (Å²) in [5.74, 6) is 1.44. The SMILES string of the molecule is CCc1ccc(NC(=O)c2ccc(NCCc3ccc(OC)cc3)nc2)cc1. The first-order valence-corrected chi connectivity index (χ1v) is 9.41. The van der Waals surface area contributed by atoms with Crippen LogP contribution in [0.15, 0.2) is 66.9 Å². The second kappa shape index (κ2) is 9.55. The molecule has 0 radical (unpaired) electrons. The molecule has 1 aromatic heterocycles. The van der Waals surface area contributed by atoms with Gasteiger partial charge in [0.25, 0.3) is 5.91 Å². The second-order valence-electron chi connectivity index (χ2n) is 6.46. The minimum atomic E-state index is -0.165. The smallest absolute Gasteiger partial charge is 0.257 e. The summed E-state index contributed by atoms with van der Waals surface area (Å²) in [6.07, 6.45) is 3.44. The van der Waals surface area contributed by atoms with Crippen molar-refractivity contribution in [2.24, 2.45) is 0 Å². The predicted octanol–water partition coefficient (Wildman–Crippen LogP) is 4.56. The Hall–Kier alpha value is -3.34. The van der Waals surface area contributed by atoms with Gasteiger partial charge >= 0.3 is 0 Å². The van der Waals surface area contributed by atoms with E-state index in [0.29, 0.717) is 5.56 Å². The standard InChI is InChI=1S/C23H25N3O2/c1-3-17-4-9-20(10-5-17)26-23(27)19-8-13-22(25-16-19)24-15-14-18-6-11-21(28-2)12-7-18/h4-13,16H,3,14-15H2,1-2H3,(H,24,25)(H,26,27). The van der Waals surface area contributed by atoms with E-state index in [0.717, 1.165) is 36.6 Å². The number of benzene rings is 2. The van der Waals surface area contributed by atoms with Crippen LogP contribution in [0.2, 0.25) is 0 Å². The number of anilines is 2. The van der Waals surface area contributed by atoms with Crippen LogP contribution >= 0.6 is 0 Å². The van der Waals surface area contributed by atoms with Crippen molar-refractivity contribution in [3.63, 3.8) is 0 Å². The Balaban J connectivity index is 1.49. The molecule has 0 bridgehead atoms. The molecule has 1 heterocycles. The molecule has 0 aliphatic heterocycles. The van der Waals surface area contributed by atoms with Gasteiger partial charge in [0.15, 0.2) is 0 Å². The summed E-state index contributed by atoms with van der Waals surface area (Å²) >= 11 is 0. The van der Waals surface area contributed by atoms with Crippen molar-refractivity contribution in [3.8, 4) is 5.75 Å². The van der Waals surface area contributed by atoms with Crippen LogP contribution in [0.3, 0.4) is 0 Å². The lowest BCUT2D eigenvalue weighted by molar-refractivity contribution is 0.102. The van der Waals surface area contributed by atoms with Crippen LogP contribution in [0.1, 0.15) is 28.4 Å². The molecule has 0 atom stereocenters. The topological polar surface area (TPSA) is 63.2 Å². The first kappa shape index (κ1) is 19.4. The maximum absolute atomic E-state index is 12.3. The normalized spacial score (nSPS) is 10.4. The Morgan fingerprint density at radius 2 is 1.68 bits per heavy atom. The zero-order valence-electron chi connectivity index (χ0n) is 16.2. The maximum Gasteiger partial charge on any atom is 0.257 e. The van der Waals surface area contributed by atoms with Gasteiger partial charge in [-0.2, -0.15) is 0 Å². The molecule has 0 fully saturated rings. The fourth-order valence-corrected chi connectivity index (χ4v) is 2.79. The van der Waals surface area contributed by atoms with E-state index in [1.807, 2.05) is 42.5 Å². The number of pyridine rings is 1. The van der Waals surface area contributed by atoms with Crippen molar-refractivity contribution >= 4 is 17.4 Å². The highest BCUT2D eigenvalue weighted by Gasteiger charge is 2.07. The zero-order valence-corrected chi connectivity index (χ0v) is 16.2. The molecule has 0 unspecified atom stereocenters. The average molecular weight is 375 g/mol. The third-order valence-corrected chi connectivity index (χ3v) is 4.52. The fourth-order valence-electron chi connectivity index (χ4n) is 2.79. The van der Waals surface area contributed by atoms with Crippen LogP contribution in [0, 0.1) is 0 Å². The van der Waals surface area contributed by atoms with Crippen LogP contribution in [-0.4, -0.2) is 24.5 Å². The van der Waals surface area contributed by atoms with Crippen molar-refractivity contribution in [3.05, 3.63) is 83.6 Å². The summed E-state index contributed by atoms with van der Waals surface area (Å²) in [6, 6.07) is 19.5. The lowest BCUT2D eigenvalue weighted by Gasteiger charge is -2.08. The number of carbonyl (C=O) groups is 1. The highest BCUT2D eigenvalue weighted by molar-refractivity contribution is 6.04. The first-order valence-electron chi connectivity index (χ1n) is 9.41. The van der Waals surface area contributed by atoms with Gasteiger partial charge < -0.3 is 15.4 Å². The minimum absolute atomic E-state index is 0.165. The van der Waals surface area contributed by atoms with Gasteiger partial charge in [0.05, 0.1) is 12.7 Å². The summed E-state index contributed by atoms with van der Waals surface area (Å²) < 4.78 is 5.16. The quantitative estimate of drug-likeness (QED) is 0.606. The molecule has 5 heteroatoms. The average Bonchev–Trinajstić information content (AvgIpc) is 2.75. The fraction of sp³-hybridized carbons (Fsp3) is 0.217. The molecule has 3 aromatic rings. The summed E-state index contributed by atoms with van der Waals surface area (Å²) in [4.78, 5) is 16.7. The van der Waals surface area contributed by atoms with Crippen molar-refractivity contribution < 1.29 is 9.53 Å². The Labute approximate surface area is 165 Å². The van der Waals surface area contributed by atoms with Gasteiger partial charge in [-0.15, -0.1) is 0 Å². The Morgan fingerprint density at radius 1 is 0.964 bits per heavy atom. The van der Waals surface area contributed by atoms with E-state index >= 15 is 0 Å².